The quantitative estimate of drug-likeness (QED) is 0.397. The van der Waals surface area contributed by atoms with E-state index >= 15 is 0 Å². The minimum absolute atomic E-state index is 0.00323. The van der Waals surface area contributed by atoms with Gasteiger partial charge in [0.15, 0.2) is 5.78 Å². The van der Waals surface area contributed by atoms with Crippen molar-refractivity contribution < 1.29 is 19.2 Å². The van der Waals surface area contributed by atoms with E-state index in [2.05, 4.69) is 0 Å². The summed E-state index contributed by atoms with van der Waals surface area (Å²) in [5, 5.41) is 2.07. The topological polar surface area (TPSA) is 74.8 Å². The highest BCUT2D eigenvalue weighted by molar-refractivity contribution is 6.34. The summed E-state index contributed by atoms with van der Waals surface area (Å²) >= 11 is 6.23. The Balaban J connectivity index is 1.51. The van der Waals surface area contributed by atoms with Crippen LogP contribution in [0.1, 0.15) is 32.7 Å². The second kappa shape index (κ2) is 7.71. The summed E-state index contributed by atoms with van der Waals surface area (Å²) in [5.74, 6) is -2.83. The van der Waals surface area contributed by atoms with Crippen molar-refractivity contribution in [1.82, 2.24) is 10.0 Å². The number of allylic oxidation sites excluding steroid dienone is 2. The molecule has 2 aromatic carbocycles. The van der Waals surface area contributed by atoms with E-state index in [-0.39, 0.29) is 28.2 Å². The first-order valence-electron chi connectivity index (χ1n) is 10.6. The van der Waals surface area contributed by atoms with Crippen LogP contribution < -0.4 is 0 Å². The smallest absolute Gasteiger partial charge is 0.274 e. The highest BCUT2D eigenvalue weighted by Gasteiger charge is 2.61. The number of nitrogens with zero attached hydrogens (tertiary/aromatic N) is 2. The van der Waals surface area contributed by atoms with Gasteiger partial charge in [0.1, 0.15) is 6.54 Å². The zero-order valence-electron chi connectivity index (χ0n) is 17.4. The number of hydrogen-bond donors (Lipinski definition) is 0. The molecule has 32 heavy (non-hydrogen) atoms. The van der Waals surface area contributed by atoms with E-state index in [4.69, 9.17) is 11.6 Å². The van der Waals surface area contributed by atoms with Crippen LogP contribution in [0.2, 0.25) is 5.02 Å². The summed E-state index contributed by atoms with van der Waals surface area (Å²) in [6, 6.07) is 13.3. The molecule has 2 fully saturated rings. The van der Waals surface area contributed by atoms with Gasteiger partial charge in [0.25, 0.3) is 17.7 Å². The monoisotopic (exact) mass is 448 g/mol. The second-order valence-electron chi connectivity index (χ2n) is 8.62. The molecular formula is C25H21ClN2O4. The van der Waals surface area contributed by atoms with Crippen LogP contribution in [0.3, 0.4) is 0 Å². The molecule has 3 amide bonds. The summed E-state index contributed by atoms with van der Waals surface area (Å²) in [6.07, 6.45) is 4.75. The summed E-state index contributed by atoms with van der Waals surface area (Å²) in [6.45, 7) is 1.47. The zero-order chi connectivity index (χ0) is 22.6. The zero-order valence-corrected chi connectivity index (χ0v) is 18.2. The highest BCUT2D eigenvalue weighted by Crippen LogP contribution is 2.52. The first-order valence-corrected chi connectivity index (χ1v) is 11.0. The van der Waals surface area contributed by atoms with Gasteiger partial charge in [-0.2, -0.15) is 5.01 Å². The number of ketones is 1. The summed E-state index contributed by atoms with van der Waals surface area (Å²) in [5.41, 5.74) is 1.52. The number of halogens is 1. The third kappa shape index (κ3) is 3.17. The van der Waals surface area contributed by atoms with Crippen LogP contribution in [0.5, 0.6) is 0 Å². The Bertz CT molecular complexity index is 1140. The van der Waals surface area contributed by atoms with Gasteiger partial charge in [0.2, 0.25) is 0 Å². The predicted octanol–water partition coefficient (Wildman–Crippen LogP) is 3.70. The molecule has 2 aliphatic carbocycles. The molecule has 0 spiro atoms. The lowest BCUT2D eigenvalue weighted by atomic mass is 9.85. The molecule has 0 N–H and O–H groups in total. The molecule has 2 bridgehead atoms. The maximum absolute atomic E-state index is 13.5. The van der Waals surface area contributed by atoms with Crippen molar-refractivity contribution in [2.45, 2.75) is 13.3 Å². The fourth-order valence-corrected chi connectivity index (χ4v) is 5.31. The molecule has 6 nitrogen and oxygen atoms in total. The standard InChI is InChI=1S/C25H21ClN2O4/c1-14-6-8-15(9-7-14)20(29)13-27(23(30)18-4-2-3-5-19(18)26)28-24(31)21-16-10-11-17(12-16)22(21)25(28)32/h2-11,16-17,21-22H,12-13H2,1H3/t16-,17-,21-,22-/m0/s1. The average Bonchev–Trinajstić information content (AvgIpc) is 3.46. The molecule has 0 unspecified atom stereocenters. The number of hydrazine groups is 1. The van der Waals surface area contributed by atoms with E-state index in [9.17, 15) is 19.2 Å². The number of rotatable bonds is 5. The maximum Gasteiger partial charge on any atom is 0.274 e. The number of carbonyl (C=O) groups excluding carboxylic acids is 4. The molecule has 3 aliphatic rings. The summed E-state index contributed by atoms with van der Waals surface area (Å²) in [4.78, 5) is 53.2. The molecule has 162 valence electrons. The van der Waals surface area contributed by atoms with Gasteiger partial charge < -0.3 is 0 Å². The van der Waals surface area contributed by atoms with Crippen LogP contribution in [0.25, 0.3) is 0 Å². The number of benzene rings is 2. The minimum atomic E-state index is -0.655. The third-order valence-corrected chi connectivity index (χ3v) is 7.02. The van der Waals surface area contributed by atoms with Crippen LogP contribution in [0.4, 0.5) is 0 Å². The Morgan fingerprint density at radius 3 is 2.16 bits per heavy atom. The minimum Gasteiger partial charge on any atom is -0.292 e. The number of imide groups is 1. The lowest BCUT2D eigenvalue weighted by Gasteiger charge is -2.31. The molecule has 1 heterocycles. The van der Waals surface area contributed by atoms with E-state index in [1.807, 2.05) is 19.1 Å². The van der Waals surface area contributed by atoms with E-state index in [0.717, 1.165) is 22.0 Å². The normalized spacial score (nSPS) is 25.4. The lowest BCUT2D eigenvalue weighted by molar-refractivity contribution is -0.154. The molecular weight excluding hydrogens is 428 g/mol. The second-order valence-corrected chi connectivity index (χ2v) is 9.03. The van der Waals surface area contributed by atoms with Gasteiger partial charge in [-0.05, 0) is 37.3 Å². The molecule has 1 saturated heterocycles. The van der Waals surface area contributed by atoms with Crippen LogP contribution >= 0.6 is 11.6 Å². The first-order chi connectivity index (χ1) is 15.4. The van der Waals surface area contributed by atoms with Gasteiger partial charge in [0, 0.05) is 5.56 Å². The lowest BCUT2D eigenvalue weighted by Crippen LogP contribution is -2.52. The van der Waals surface area contributed by atoms with Gasteiger partial charge in [-0.1, -0.05) is 65.7 Å². The highest BCUT2D eigenvalue weighted by atomic mass is 35.5. The van der Waals surface area contributed by atoms with Gasteiger partial charge in [0.05, 0.1) is 22.4 Å². The van der Waals surface area contributed by atoms with Crippen molar-refractivity contribution in [2.24, 2.45) is 23.7 Å². The van der Waals surface area contributed by atoms with Gasteiger partial charge in [-0.15, -0.1) is 0 Å². The number of amides is 3. The Labute approximate surface area is 190 Å². The van der Waals surface area contributed by atoms with Gasteiger partial charge in [-0.25, -0.2) is 5.01 Å². The van der Waals surface area contributed by atoms with Crippen molar-refractivity contribution in [3.05, 3.63) is 82.4 Å². The Kier molecular flexibility index (Phi) is 4.97. The van der Waals surface area contributed by atoms with Crippen LogP contribution in [0, 0.1) is 30.6 Å². The van der Waals surface area contributed by atoms with Crippen molar-refractivity contribution >= 4 is 35.1 Å². The Morgan fingerprint density at radius 2 is 1.56 bits per heavy atom. The molecule has 1 aliphatic heterocycles. The van der Waals surface area contributed by atoms with Crippen LogP contribution in [-0.4, -0.2) is 40.1 Å². The summed E-state index contributed by atoms with van der Waals surface area (Å²) in [7, 11) is 0. The number of Topliss-reactive ketones (excluding diaryl/α,β-unsaturated/α-hetero) is 1. The SMILES string of the molecule is Cc1ccc(C(=O)CN(C(=O)c2ccccc2Cl)N2C(=O)[C@@H]3[C@@H](C2=O)[C@H]2C=C[C@H]3C2)cc1. The number of aryl methyl sites for hydroxylation is 1. The molecule has 0 aromatic heterocycles. The van der Waals surface area contributed by atoms with Crippen LogP contribution in [0.15, 0.2) is 60.7 Å². The fourth-order valence-electron chi connectivity index (χ4n) is 5.10. The first kappa shape index (κ1) is 20.6. The van der Waals surface area contributed by atoms with Gasteiger partial charge in [-0.3, -0.25) is 19.2 Å². The molecule has 1 saturated carbocycles. The maximum atomic E-state index is 13.5. The van der Waals surface area contributed by atoms with Crippen molar-refractivity contribution in [3.8, 4) is 0 Å². The fraction of sp³-hybridized carbons (Fsp3) is 0.280. The third-order valence-electron chi connectivity index (χ3n) is 6.69. The average molecular weight is 449 g/mol. The molecule has 4 atom stereocenters. The van der Waals surface area contributed by atoms with Crippen LogP contribution in [-0.2, 0) is 9.59 Å². The van der Waals surface area contributed by atoms with E-state index < -0.39 is 36.1 Å². The molecule has 2 aromatic rings. The largest absolute Gasteiger partial charge is 0.292 e. The van der Waals surface area contributed by atoms with Crippen molar-refractivity contribution in [2.75, 3.05) is 6.54 Å². The van der Waals surface area contributed by atoms with E-state index in [0.29, 0.717) is 5.56 Å². The van der Waals surface area contributed by atoms with Crippen molar-refractivity contribution in [3.63, 3.8) is 0 Å². The van der Waals surface area contributed by atoms with Crippen molar-refractivity contribution in [1.29, 1.82) is 0 Å². The van der Waals surface area contributed by atoms with E-state index in [1.165, 1.54) is 6.07 Å². The van der Waals surface area contributed by atoms with Gasteiger partial charge >= 0.3 is 0 Å². The molecule has 0 radical (unpaired) electrons. The number of carbonyl (C=O) groups is 4. The number of fused-ring (bicyclic) bond motifs is 5. The Hall–Kier alpha value is -3.25. The predicted molar refractivity (Wildman–Crippen MR) is 118 cm³/mol. The molecule has 7 heteroatoms. The number of hydrogen-bond acceptors (Lipinski definition) is 4. The Morgan fingerprint density at radius 1 is 0.969 bits per heavy atom. The molecule has 5 rings (SSSR count). The van der Waals surface area contributed by atoms with E-state index in [1.54, 1.807) is 42.5 Å². The summed E-state index contributed by atoms with van der Waals surface area (Å²) < 4.78 is 0.